The maximum Gasteiger partial charge on any atom is 0.229 e. The number of hydrogen-bond acceptors (Lipinski definition) is 4. The van der Waals surface area contributed by atoms with Gasteiger partial charge >= 0.3 is 0 Å². The molecule has 4 rings (SSSR count). The van der Waals surface area contributed by atoms with Gasteiger partial charge in [-0.3, -0.25) is 4.79 Å². The van der Waals surface area contributed by atoms with Crippen molar-refractivity contribution in [3.63, 3.8) is 0 Å². The van der Waals surface area contributed by atoms with E-state index in [1.165, 1.54) is 5.57 Å². The van der Waals surface area contributed by atoms with E-state index in [9.17, 15) is 4.79 Å². The van der Waals surface area contributed by atoms with Gasteiger partial charge in [0.2, 0.25) is 5.91 Å². The lowest BCUT2D eigenvalue weighted by atomic mass is 9.86. The molecular formula is C21H27NO4. The lowest BCUT2D eigenvalue weighted by Gasteiger charge is -2.43. The molecule has 0 saturated carbocycles. The van der Waals surface area contributed by atoms with E-state index in [1.807, 2.05) is 23.1 Å². The number of piperidine rings is 1. The summed E-state index contributed by atoms with van der Waals surface area (Å²) in [5, 5.41) is 0. The maximum absolute atomic E-state index is 13.0. The molecule has 3 aliphatic heterocycles. The van der Waals surface area contributed by atoms with E-state index in [4.69, 9.17) is 14.2 Å². The third-order valence-electron chi connectivity index (χ3n) is 5.84. The number of nitrogens with zero attached hydrogens (tertiary/aromatic N) is 1. The molecule has 140 valence electrons. The zero-order chi connectivity index (χ0) is 18.1. The Bertz CT molecular complexity index is 719. The summed E-state index contributed by atoms with van der Waals surface area (Å²) in [7, 11) is 1.64. The lowest BCUT2D eigenvalue weighted by molar-refractivity contribution is -0.141. The average molecular weight is 357 g/mol. The predicted octanol–water partition coefficient (Wildman–Crippen LogP) is 2.97. The van der Waals surface area contributed by atoms with E-state index < -0.39 is 0 Å². The minimum absolute atomic E-state index is 0.117. The Kier molecular flexibility index (Phi) is 4.65. The lowest BCUT2D eigenvalue weighted by Crippen LogP contribution is -2.50. The highest BCUT2D eigenvalue weighted by Gasteiger charge is 2.39. The highest BCUT2D eigenvalue weighted by atomic mass is 16.5. The Morgan fingerprint density at radius 1 is 1.31 bits per heavy atom. The fourth-order valence-electron chi connectivity index (χ4n) is 4.34. The Balaban J connectivity index is 1.41. The second kappa shape index (κ2) is 6.95. The summed E-state index contributed by atoms with van der Waals surface area (Å²) in [5.74, 6) is 1.61. The van der Waals surface area contributed by atoms with Gasteiger partial charge < -0.3 is 19.1 Å². The number of hydrogen-bond donors (Lipinski definition) is 0. The molecule has 0 radical (unpaired) electrons. The van der Waals surface area contributed by atoms with Gasteiger partial charge in [-0.05, 0) is 44.2 Å². The van der Waals surface area contributed by atoms with Crippen molar-refractivity contribution in [2.45, 2.75) is 38.2 Å². The van der Waals surface area contributed by atoms with Gasteiger partial charge in [-0.2, -0.15) is 0 Å². The second-order valence-corrected chi connectivity index (χ2v) is 7.64. The minimum Gasteiger partial charge on any atom is -0.493 e. The maximum atomic E-state index is 13.0. The van der Waals surface area contributed by atoms with Crippen molar-refractivity contribution >= 4 is 5.91 Å². The molecule has 0 aliphatic carbocycles. The Labute approximate surface area is 154 Å². The van der Waals surface area contributed by atoms with Gasteiger partial charge in [-0.25, -0.2) is 0 Å². The third-order valence-corrected chi connectivity index (χ3v) is 5.84. The molecule has 0 N–H and O–H groups in total. The number of likely N-dealkylation sites (tertiary alicyclic amines) is 1. The fourth-order valence-corrected chi connectivity index (χ4v) is 4.34. The molecule has 0 bridgehead atoms. The van der Waals surface area contributed by atoms with Crippen LogP contribution in [0.15, 0.2) is 29.8 Å². The van der Waals surface area contributed by atoms with Crippen LogP contribution in [0.4, 0.5) is 0 Å². The molecule has 1 fully saturated rings. The number of methoxy groups -OCH3 is 1. The quantitative estimate of drug-likeness (QED) is 0.764. The molecule has 3 heterocycles. The summed E-state index contributed by atoms with van der Waals surface area (Å²) in [5.41, 5.74) is 2.31. The van der Waals surface area contributed by atoms with Crippen molar-refractivity contribution in [2.24, 2.45) is 5.92 Å². The zero-order valence-corrected chi connectivity index (χ0v) is 15.6. The molecule has 1 aromatic carbocycles. The molecule has 0 aromatic heterocycles. The molecule has 1 aromatic rings. The highest BCUT2D eigenvalue weighted by Crippen LogP contribution is 2.37. The third kappa shape index (κ3) is 3.20. The van der Waals surface area contributed by atoms with Crippen LogP contribution in [0, 0.1) is 5.92 Å². The number of carbonyl (C=O) groups excluding carboxylic acids is 1. The first-order valence-electron chi connectivity index (χ1n) is 9.50. The Hall–Kier alpha value is -2.01. The molecule has 1 saturated heterocycles. The first-order chi connectivity index (χ1) is 12.6. The van der Waals surface area contributed by atoms with E-state index in [0.717, 1.165) is 56.0 Å². The van der Waals surface area contributed by atoms with E-state index in [-0.39, 0.29) is 17.4 Å². The van der Waals surface area contributed by atoms with E-state index in [2.05, 4.69) is 13.0 Å². The van der Waals surface area contributed by atoms with E-state index in [1.54, 1.807) is 7.11 Å². The minimum atomic E-state index is -0.151. The number of benzene rings is 1. The molecular weight excluding hydrogens is 330 g/mol. The van der Waals surface area contributed by atoms with Crippen LogP contribution < -0.4 is 9.47 Å². The molecule has 5 heteroatoms. The number of rotatable bonds is 2. The van der Waals surface area contributed by atoms with Crippen molar-refractivity contribution in [1.29, 1.82) is 0 Å². The summed E-state index contributed by atoms with van der Waals surface area (Å²) >= 11 is 0. The summed E-state index contributed by atoms with van der Waals surface area (Å²) in [6.07, 6.45) is 5.78. The van der Waals surface area contributed by atoms with E-state index >= 15 is 0 Å². The van der Waals surface area contributed by atoms with Crippen molar-refractivity contribution in [2.75, 3.05) is 33.4 Å². The number of para-hydroxylation sites is 1. The Morgan fingerprint density at radius 2 is 2.12 bits per heavy atom. The number of carbonyl (C=O) groups is 1. The van der Waals surface area contributed by atoms with E-state index in [0.29, 0.717) is 13.0 Å². The standard InChI is InChI=1S/C21H27NO4/c1-15-6-11-26-21(13-15)7-9-22(10-8-21)20(23)17-12-16-4-3-5-18(24-2)19(16)25-14-17/h3-5,13,17H,6-12,14H2,1-2H3. The van der Waals surface area contributed by atoms with Crippen LogP contribution in [0.3, 0.4) is 0 Å². The van der Waals surface area contributed by atoms with Crippen LogP contribution in [0.2, 0.25) is 0 Å². The van der Waals surface area contributed by atoms with Crippen LogP contribution in [-0.4, -0.2) is 49.8 Å². The van der Waals surface area contributed by atoms with Gasteiger partial charge in [0.1, 0.15) is 6.61 Å². The zero-order valence-electron chi connectivity index (χ0n) is 15.6. The summed E-state index contributed by atoms with van der Waals surface area (Å²) in [4.78, 5) is 15.0. The first-order valence-corrected chi connectivity index (χ1v) is 9.50. The number of amides is 1. The van der Waals surface area contributed by atoms with Crippen molar-refractivity contribution < 1.29 is 19.0 Å². The number of fused-ring (bicyclic) bond motifs is 1. The van der Waals surface area contributed by atoms with Gasteiger partial charge in [0.25, 0.3) is 0 Å². The molecule has 1 spiro atoms. The van der Waals surface area contributed by atoms with Crippen molar-refractivity contribution in [1.82, 2.24) is 4.90 Å². The normalized spacial score (nSPS) is 24.5. The van der Waals surface area contributed by atoms with Gasteiger partial charge in [-0.15, -0.1) is 0 Å². The highest BCUT2D eigenvalue weighted by molar-refractivity contribution is 5.80. The molecule has 1 atom stereocenters. The molecule has 1 unspecified atom stereocenters. The van der Waals surface area contributed by atoms with Gasteiger partial charge in [0, 0.05) is 13.1 Å². The second-order valence-electron chi connectivity index (χ2n) is 7.64. The van der Waals surface area contributed by atoms with Crippen LogP contribution in [0.5, 0.6) is 11.5 Å². The largest absolute Gasteiger partial charge is 0.493 e. The number of ether oxygens (including phenoxy) is 3. The molecule has 3 aliphatic rings. The SMILES string of the molecule is COc1cccc2c1OCC(C(=O)N1CCC3(C=C(C)CCO3)CC1)C2. The van der Waals surface area contributed by atoms with Crippen LogP contribution >= 0.6 is 0 Å². The van der Waals surface area contributed by atoms with Crippen LogP contribution in [0.1, 0.15) is 31.7 Å². The average Bonchev–Trinajstić information content (AvgIpc) is 2.67. The summed E-state index contributed by atoms with van der Waals surface area (Å²) in [6, 6.07) is 5.87. The molecule has 1 amide bonds. The predicted molar refractivity (Wildman–Crippen MR) is 98.6 cm³/mol. The fraction of sp³-hybridized carbons (Fsp3) is 0.571. The summed E-state index contributed by atoms with van der Waals surface area (Å²) in [6.45, 7) is 4.90. The monoisotopic (exact) mass is 357 g/mol. The van der Waals surface area contributed by atoms with Crippen molar-refractivity contribution in [3.05, 3.63) is 35.4 Å². The van der Waals surface area contributed by atoms with Gasteiger partial charge in [-0.1, -0.05) is 23.8 Å². The summed E-state index contributed by atoms with van der Waals surface area (Å²) < 4.78 is 17.3. The first kappa shape index (κ1) is 17.4. The molecule has 5 nitrogen and oxygen atoms in total. The molecule has 26 heavy (non-hydrogen) atoms. The topological polar surface area (TPSA) is 48.0 Å². The van der Waals surface area contributed by atoms with Crippen LogP contribution in [0.25, 0.3) is 0 Å². The van der Waals surface area contributed by atoms with Gasteiger partial charge in [0.15, 0.2) is 11.5 Å². The van der Waals surface area contributed by atoms with Crippen molar-refractivity contribution in [3.8, 4) is 11.5 Å². The van der Waals surface area contributed by atoms with Gasteiger partial charge in [0.05, 0.1) is 25.2 Å². The Morgan fingerprint density at radius 3 is 2.85 bits per heavy atom. The smallest absolute Gasteiger partial charge is 0.229 e. The van der Waals surface area contributed by atoms with Crippen LogP contribution in [-0.2, 0) is 16.0 Å².